The van der Waals surface area contributed by atoms with E-state index in [1.807, 2.05) is 32.0 Å². The molecule has 1 N–H and O–H groups in total. The van der Waals surface area contributed by atoms with Crippen molar-refractivity contribution in [3.05, 3.63) is 53.1 Å². The Morgan fingerprint density at radius 3 is 2.24 bits per heavy atom. The van der Waals surface area contributed by atoms with Gasteiger partial charge >= 0.3 is 0 Å². The average molecular weight is 341 g/mol. The van der Waals surface area contributed by atoms with Crippen LogP contribution in [0.4, 0.5) is 5.69 Å². The molecule has 5 nitrogen and oxygen atoms in total. The fraction of sp³-hybridized carbons (Fsp3) is 0.250. The Kier molecular flexibility index (Phi) is 6.06. The standard InChI is InChI=1S/C20H23NO4/c1-13-6-9-16(12-14(13)2)21-18(22)11-8-15-7-10-17(23-3)20(25-5)19(15)24-4/h6-12H,1-5H3,(H,21,22). The third-order valence-electron chi connectivity index (χ3n) is 3.92. The summed E-state index contributed by atoms with van der Waals surface area (Å²) in [5.74, 6) is 1.34. The van der Waals surface area contributed by atoms with E-state index >= 15 is 0 Å². The maximum absolute atomic E-state index is 12.2. The third kappa shape index (κ3) is 4.32. The quantitative estimate of drug-likeness (QED) is 0.808. The van der Waals surface area contributed by atoms with Crippen LogP contribution in [0.3, 0.4) is 0 Å². The number of hydrogen-bond acceptors (Lipinski definition) is 4. The number of nitrogens with one attached hydrogen (secondary N) is 1. The van der Waals surface area contributed by atoms with Crippen LogP contribution in [-0.4, -0.2) is 27.2 Å². The molecular weight excluding hydrogens is 318 g/mol. The van der Waals surface area contributed by atoms with Gasteiger partial charge < -0.3 is 19.5 Å². The highest BCUT2D eigenvalue weighted by Gasteiger charge is 2.14. The van der Waals surface area contributed by atoms with Gasteiger partial charge in [-0.25, -0.2) is 0 Å². The SMILES string of the molecule is COc1ccc(C=CC(=O)Nc2ccc(C)c(C)c2)c(OC)c1OC. The number of ether oxygens (including phenoxy) is 3. The lowest BCUT2D eigenvalue weighted by Gasteiger charge is -2.14. The maximum atomic E-state index is 12.2. The Balaban J connectivity index is 2.20. The van der Waals surface area contributed by atoms with E-state index < -0.39 is 0 Å². The summed E-state index contributed by atoms with van der Waals surface area (Å²) in [6.45, 7) is 4.04. The summed E-state index contributed by atoms with van der Waals surface area (Å²) in [6, 6.07) is 9.37. The number of hydrogen-bond donors (Lipinski definition) is 1. The van der Waals surface area contributed by atoms with Crippen LogP contribution in [0.1, 0.15) is 16.7 Å². The van der Waals surface area contributed by atoms with Crippen LogP contribution in [0.15, 0.2) is 36.4 Å². The lowest BCUT2D eigenvalue weighted by molar-refractivity contribution is -0.111. The average Bonchev–Trinajstić information content (AvgIpc) is 2.61. The fourth-order valence-electron chi connectivity index (χ4n) is 2.42. The lowest BCUT2D eigenvalue weighted by atomic mass is 10.1. The first-order valence-corrected chi connectivity index (χ1v) is 7.85. The first-order valence-electron chi connectivity index (χ1n) is 7.85. The van der Waals surface area contributed by atoms with Crippen LogP contribution < -0.4 is 19.5 Å². The van der Waals surface area contributed by atoms with Gasteiger partial charge in [0.2, 0.25) is 11.7 Å². The normalized spacial score (nSPS) is 10.6. The molecule has 132 valence electrons. The molecule has 0 saturated carbocycles. The zero-order valence-electron chi connectivity index (χ0n) is 15.2. The van der Waals surface area contributed by atoms with Gasteiger partial charge in [-0.3, -0.25) is 4.79 Å². The van der Waals surface area contributed by atoms with Crippen molar-refractivity contribution in [3.8, 4) is 17.2 Å². The fourth-order valence-corrected chi connectivity index (χ4v) is 2.42. The van der Waals surface area contributed by atoms with Gasteiger partial charge in [-0.1, -0.05) is 6.07 Å². The predicted octanol–water partition coefficient (Wildman–Crippen LogP) is 3.98. The van der Waals surface area contributed by atoms with Gasteiger partial charge in [-0.2, -0.15) is 0 Å². The molecule has 1 amide bonds. The van der Waals surface area contributed by atoms with Crippen LogP contribution in [0.5, 0.6) is 17.2 Å². The summed E-state index contributed by atoms with van der Waals surface area (Å²) in [4.78, 5) is 12.2. The van der Waals surface area contributed by atoms with Crippen LogP contribution in [0.25, 0.3) is 6.08 Å². The second-order valence-corrected chi connectivity index (χ2v) is 5.55. The number of rotatable bonds is 6. The first-order chi connectivity index (χ1) is 12.0. The number of carbonyl (C=O) groups excluding carboxylic acids is 1. The molecule has 2 rings (SSSR count). The minimum absolute atomic E-state index is 0.222. The summed E-state index contributed by atoms with van der Waals surface area (Å²) in [5, 5.41) is 2.85. The molecular formula is C20H23NO4. The van der Waals surface area contributed by atoms with Crippen LogP contribution in [0.2, 0.25) is 0 Å². The molecule has 2 aromatic rings. The number of aryl methyl sites for hydroxylation is 2. The second kappa shape index (κ2) is 8.24. The predicted molar refractivity (Wildman–Crippen MR) is 99.7 cm³/mol. The molecule has 0 heterocycles. The molecule has 0 fully saturated rings. The zero-order chi connectivity index (χ0) is 18.4. The van der Waals surface area contributed by atoms with Gasteiger partial charge in [0, 0.05) is 17.3 Å². The van der Waals surface area contributed by atoms with Crippen molar-refractivity contribution in [3.63, 3.8) is 0 Å². The summed E-state index contributed by atoms with van der Waals surface area (Å²) in [6.07, 6.45) is 3.14. The van der Waals surface area contributed by atoms with Crippen LogP contribution in [-0.2, 0) is 4.79 Å². The number of methoxy groups -OCH3 is 3. The van der Waals surface area contributed by atoms with E-state index in [9.17, 15) is 4.79 Å². The molecule has 0 aliphatic heterocycles. The minimum Gasteiger partial charge on any atom is -0.493 e. The van der Waals surface area contributed by atoms with Crippen LogP contribution >= 0.6 is 0 Å². The zero-order valence-corrected chi connectivity index (χ0v) is 15.2. The van der Waals surface area contributed by atoms with E-state index in [2.05, 4.69) is 5.32 Å². The molecule has 0 aliphatic rings. The Hall–Kier alpha value is -2.95. The van der Waals surface area contributed by atoms with Gasteiger partial charge in [0.1, 0.15) is 0 Å². The number of amides is 1. The summed E-state index contributed by atoms with van der Waals surface area (Å²) >= 11 is 0. The smallest absolute Gasteiger partial charge is 0.248 e. The van der Waals surface area contributed by atoms with Gasteiger partial charge in [0.25, 0.3) is 0 Å². The molecule has 0 unspecified atom stereocenters. The largest absolute Gasteiger partial charge is 0.493 e. The highest BCUT2D eigenvalue weighted by Crippen LogP contribution is 2.40. The topological polar surface area (TPSA) is 56.8 Å². The van der Waals surface area contributed by atoms with Crippen molar-refractivity contribution in [2.75, 3.05) is 26.6 Å². The Bertz CT molecular complexity index is 797. The van der Waals surface area contributed by atoms with Crippen LogP contribution in [0, 0.1) is 13.8 Å². The van der Waals surface area contributed by atoms with Crippen molar-refractivity contribution in [2.24, 2.45) is 0 Å². The highest BCUT2D eigenvalue weighted by atomic mass is 16.5. The number of anilines is 1. The lowest BCUT2D eigenvalue weighted by Crippen LogP contribution is -2.08. The molecule has 0 atom stereocenters. The molecule has 5 heteroatoms. The molecule has 2 aromatic carbocycles. The molecule has 0 bridgehead atoms. The van der Waals surface area contributed by atoms with Crippen molar-refractivity contribution in [2.45, 2.75) is 13.8 Å². The molecule has 25 heavy (non-hydrogen) atoms. The first kappa shape index (κ1) is 18.4. The van der Waals surface area contributed by atoms with Crippen molar-refractivity contribution >= 4 is 17.7 Å². The van der Waals surface area contributed by atoms with Crippen molar-refractivity contribution in [1.82, 2.24) is 0 Å². The molecule has 0 aliphatic carbocycles. The monoisotopic (exact) mass is 341 g/mol. The Morgan fingerprint density at radius 2 is 1.64 bits per heavy atom. The van der Waals surface area contributed by atoms with E-state index in [1.54, 1.807) is 39.5 Å². The van der Waals surface area contributed by atoms with Crippen molar-refractivity contribution < 1.29 is 19.0 Å². The second-order valence-electron chi connectivity index (χ2n) is 5.55. The van der Waals surface area contributed by atoms with Gasteiger partial charge in [-0.15, -0.1) is 0 Å². The molecule has 0 radical (unpaired) electrons. The van der Waals surface area contributed by atoms with E-state index in [0.717, 1.165) is 16.8 Å². The number of carbonyl (C=O) groups is 1. The van der Waals surface area contributed by atoms with Gasteiger partial charge in [0.15, 0.2) is 11.5 Å². The minimum atomic E-state index is -0.222. The van der Waals surface area contributed by atoms with E-state index in [1.165, 1.54) is 11.6 Å². The molecule has 0 aromatic heterocycles. The number of benzene rings is 2. The summed E-state index contributed by atoms with van der Waals surface area (Å²) in [5.41, 5.74) is 3.79. The maximum Gasteiger partial charge on any atom is 0.248 e. The molecule has 0 saturated heterocycles. The third-order valence-corrected chi connectivity index (χ3v) is 3.92. The van der Waals surface area contributed by atoms with E-state index in [4.69, 9.17) is 14.2 Å². The van der Waals surface area contributed by atoms with E-state index in [0.29, 0.717) is 17.2 Å². The highest BCUT2D eigenvalue weighted by molar-refractivity contribution is 6.02. The Labute approximate surface area is 148 Å². The summed E-state index contributed by atoms with van der Waals surface area (Å²) < 4.78 is 16.0. The van der Waals surface area contributed by atoms with Crippen molar-refractivity contribution in [1.29, 1.82) is 0 Å². The Morgan fingerprint density at radius 1 is 0.920 bits per heavy atom. The molecule has 0 spiro atoms. The van der Waals surface area contributed by atoms with Gasteiger partial charge in [-0.05, 0) is 55.3 Å². The van der Waals surface area contributed by atoms with Gasteiger partial charge in [0.05, 0.1) is 21.3 Å². The van der Waals surface area contributed by atoms with E-state index in [-0.39, 0.29) is 5.91 Å². The summed E-state index contributed by atoms with van der Waals surface area (Å²) in [7, 11) is 4.65.